The van der Waals surface area contributed by atoms with Crippen LogP contribution < -0.4 is 5.43 Å². The molecule has 1 aliphatic rings. The molecule has 1 heterocycles. The van der Waals surface area contributed by atoms with Crippen molar-refractivity contribution in [1.82, 2.24) is 10.4 Å². The summed E-state index contributed by atoms with van der Waals surface area (Å²) in [6.07, 6.45) is 11.2. The molecule has 0 saturated carbocycles. The lowest BCUT2D eigenvalue weighted by molar-refractivity contribution is -0.118. The van der Waals surface area contributed by atoms with Crippen molar-refractivity contribution in [3.05, 3.63) is 48.7 Å². The van der Waals surface area contributed by atoms with E-state index in [2.05, 4.69) is 27.7 Å². The predicted molar refractivity (Wildman–Crippen MR) is 95.6 cm³/mol. The molecule has 4 nitrogen and oxygen atoms in total. The molecule has 0 radical (unpaired) electrons. The zero-order valence-corrected chi connectivity index (χ0v) is 13.6. The van der Waals surface area contributed by atoms with Gasteiger partial charge in [0, 0.05) is 22.7 Å². The number of thioether (sulfide) groups is 1. The Morgan fingerprint density at radius 2 is 2.26 bits per heavy atom. The van der Waals surface area contributed by atoms with Crippen LogP contribution in [0.2, 0.25) is 0 Å². The molecule has 1 atom stereocenters. The van der Waals surface area contributed by atoms with Gasteiger partial charge in [0.15, 0.2) is 0 Å². The number of para-hydroxylation sites is 1. The molecule has 23 heavy (non-hydrogen) atoms. The van der Waals surface area contributed by atoms with Crippen LogP contribution in [0.15, 0.2) is 58.7 Å². The van der Waals surface area contributed by atoms with E-state index < -0.39 is 0 Å². The Kier molecular flexibility index (Phi) is 5.42. The smallest absolute Gasteiger partial charge is 0.250 e. The number of hydrogen-bond acceptors (Lipinski definition) is 4. The Morgan fingerprint density at radius 1 is 1.35 bits per heavy atom. The summed E-state index contributed by atoms with van der Waals surface area (Å²) >= 11 is 1.48. The number of pyridine rings is 1. The number of aromatic nitrogens is 1. The zero-order chi connectivity index (χ0) is 15.9. The van der Waals surface area contributed by atoms with Gasteiger partial charge in [-0.1, -0.05) is 30.4 Å². The summed E-state index contributed by atoms with van der Waals surface area (Å²) in [6, 6.07) is 9.94. The van der Waals surface area contributed by atoms with E-state index in [1.54, 1.807) is 6.20 Å². The van der Waals surface area contributed by atoms with Gasteiger partial charge < -0.3 is 0 Å². The molecule has 0 fully saturated rings. The van der Waals surface area contributed by atoms with Gasteiger partial charge in [-0.3, -0.25) is 9.78 Å². The summed E-state index contributed by atoms with van der Waals surface area (Å²) in [5, 5.41) is 5.17. The summed E-state index contributed by atoms with van der Waals surface area (Å²) < 4.78 is 0. The largest absolute Gasteiger partial charge is 0.272 e. The van der Waals surface area contributed by atoms with Gasteiger partial charge in [-0.05, 0) is 37.3 Å². The molecule has 1 aromatic carbocycles. The zero-order valence-electron chi connectivity index (χ0n) is 12.8. The second-order valence-electron chi connectivity index (χ2n) is 5.48. The summed E-state index contributed by atoms with van der Waals surface area (Å²) in [7, 11) is 0. The van der Waals surface area contributed by atoms with Gasteiger partial charge in [-0.15, -0.1) is 11.8 Å². The first-order valence-corrected chi connectivity index (χ1v) is 8.75. The second kappa shape index (κ2) is 7.92. The topological polar surface area (TPSA) is 54.4 Å². The molecule has 1 amide bonds. The molecule has 5 heteroatoms. The fourth-order valence-electron chi connectivity index (χ4n) is 2.54. The van der Waals surface area contributed by atoms with Gasteiger partial charge in [0.2, 0.25) is 5.91 Å². The molecule has 0 unspecified atom stereocenters. The average molecular weight is 325 g/mol. The number of allylic oxidation sites excluding steroid dienone is 2. The van der Waals surface area contributed by atoms with Crippen LogP contribution in [0.5, 0.6) is 0 Å². The van der Waals surface area contributed by atoms with Crippen LogP contribution in [0.25, 0.3) is 10.9 Å². The highest BCUT2D eigenvalue weighted by atomic mass is 32.2. The van der Waals surface area contributed by atoms with Gasteiger partial charge in [0.05, 0.1) is 11.3 Å². The third-order valence-electron chi connectivity index (χ3n) is 3.74. The lowest BCUT2D eigenvalue weighted by Gasteiger charge is -2.11. The number of carbonyl (C=O) groups excluding carboxylic acids is 1. The van der Waals surface area contributed by atoms with E-state index >= 15 is 0 Å². The number of nitrogens with zero attached hydrogens (tertiary/aromatic N) is 2. The normalized spacial score (nSPS) is 17.7. The third-order valence-corrected chi connectivity index (χ3v) is 4.79. The molecule has 118 valence electrons. The molecule has 1 N–H and O–H groups in total. The first kappa shape index (κ1) is 15.7. The van der Waals surface area contributed by atoms with Crippen molar-refractivity contribution < 1.29 is 4.79 Å². The van der Waals surface area contributed by atoms with Gasteiger partial charge in [0.25, 0.3) is 0 Å². The Hall–Kier alpha value is -2.14. The third kappa shape index (κ3) is 4.42. The SMILES string of the molecule is O=C(CSc1cccc2cccnc12)NN=C[C@H]1CC=CCC1. The molecule has 3 rings (SSSR count). The number of benzene rings is 1. The molecular weight excluding hydrogens is 306 g/mol. The van der Waals surface area contributed by atoms with Crippen molar-refractivity contribution in [2.45, 2.75) is 24.2 Å². The van der Waals surface area contributed by atoms with E-state index in [1.165, 1.54) is 11.8 Å². The van der Waals surface area contributed by atoms with E-state index in [-0.39, 0.29) is 5.91 Å². The maximum atomic E-state index is 11.9. The Labute approximate surface area is 140 Å². The summed E-state index contributed by atoms with van der Waals surface area (Å²) in [5.74, 6) is 0.679. The number of hydrogen-bond donors (Lipinski definition) is 1. The number of amides is 1. The summed E-state index contributed by atoms with van der Waals surface area (Å²) in [5.41, 5.74) is 3.55. The maximum Gasteiger partial charge on any atom is 0.250 e. The van der Waals surface area contributed by atoms with Crippen molar-refractivity contribution in [1.29, 1.82) is 0 Å². The van der Waals surface area contributed by atoms with E-state index in [0.717, 1.165) is 35.1 Å². The molecule has 0 saturated heterocycles. The number of hydrazone groups is 1. The fourth-order valence-corrected chi connectivity index (χ4v) is 3.37. The predicted octanol–water partition coefficient (Wildman–Crippen LogP) is 3.79. The van der Waals surface area contributed by atoms with Gasteiger partial charge in [-0.2, -0.15) is 5.10 Å². The highest BCUT2D eigenvalue weighted by molar-refractivity contribution is 8.00. The number of rotatable bonds is 5. The van der Waals surface area contributed by atoms with Gasteiger partial charge in [0.1, 0.15) is 0 Å². The quantitative estimate of drug-likeness (QED) is 0.394. The minimum atomic E-state index is -0.0921. The van der Waals surface area contributed by atoms with E-state index in [1.807, 2.05) is 36.5 Å². The Balaban J connectivity index is 1.52. The van der Waals surface area contributed by atoms with Crippen LogP contribution in [0, 0.1) is 5.92 Å². The van der Waals surface area contributed by atoms with Crippen LogP contribution in [-0.2, 0) is 4.79 Å². The van der Waals surface area contributed by atoms with Crippen LogP contribution in [-0.4, -0.2) is 22.9 Å². The van der Waals surface area contributed by atoms with Crippen LogP contribution in [0.4, 0.5) is 0 Å². The monoisotopic (exact) mass is 325 g/mol. The molecule has 0 aliphatic heterocycles. The van der Waals surface area contributed by atoms with Crippen LogP contribution in [0.3, 0.4) is 0 Å². The van der Waals surface area contributed by atoms with Crippen LogP contribution in [0.1, 0.15) is 19.3 Å². The summed E-state index contributed by atoms with van der Waals surface area (Å²) in [4.78, 5) is 17.3. The van der Waals surface area contributed by atoms with Crippen molar-refractivity contribution >= 4 is 34.8 Å². The lowest BCUT2D eigenvalue weighted by atomic mass is 9.96. The molecule has 1 aromatic heterocycles. The van der Waals surface area contributed by atoms with E-state index in [0.29, 0.717) is 11.7 Å². The fraction of sp³-hybridized carbons (Fsp3) is 0.278. The molecule has 0 spiro atoms. The van der Waals surface area contributed by atoms with Crippen molar-refractivity contribution in [3.63, 3.8) is 0 Å². The van der Waals surface area contributed by atoms with Crippen molar-refractivity contribution in [2.75, 3.05) is 5.75 Å². The minimum absolute atomic E-state index is 0.0921. The van der Waals surface area contributed by atoms with Crippen molar-refractivity contribution in [3.8, 4) is 0 Å². The standard InChI is InChI=1S/C18H19N3OS/c22-17(21-20-12-14-6-2-1-3-7-14)13-23-16-10-4-8-15-9-5-11-19-18(15)16/h1-2,4-5,8-12,14H,3,6-7,13H2,(H,21,22)/t14-/m0/s1. The average Bonchev–Trinajstić information content (AvgIpc) is 2.61. The van der Waals surface area contributed by atoms with E-state index in [4.69, 9.17) is 0 Å². The maximum absolute atomic E-state index is 11.9. The number of fused-ring (bicyclic) bond motifs is 1. The van der Waals surface area contributed by atoms with E-state index in [9.17, 15) is 4.79 Å². The summed E-state index contributed by atoms with van der Waals surface area (Å²) in [6.45, 7) is 0. The molecule has 2 aromatic rings. The van der Waals surface area contributed by atoms with Crippen LogP contribution >= 0.6 is 11.8 Å². The minimum Gasteiger partial charge on any atom is -0.272 e. The highest BCUT2D eigenvalue weighted by Crippen LogP contribution is 2.25. The highest BCUT2D eigenvalue weighted by Gasteiger charge is 2.08. The molecular formula is C18H19N3OS. The lowest BCUT2D eigenvalue weighted by Crippen LogP contribution is -2.20. The van der Waals surface area contributed by atoms with Crippen molar-refractivity contribution in [2.24, 2.45) is 11.0 Å². The number of nitrogens with one attached hydrogen (secondary N) is 1. The van der Waals surface area contributed by atoms with Gasteiger partial charge >= 0.3 is 0 Å². The molecule has 1 aliphatic carbocycles. The Bertz CT molecular complexity index is 737. The first-order valence-electron chi connectivity index (χ1n) is 7.76. The second-order valence-corrected chi connectivity index (χ2v) is 6.49. The molecule has 0 bridgehead atoms. The Morgan fingerprint density at radius 3 is 3.13 bits per heavy atom. The number of carbonyl (C=O) groups is 1. The first-order chi connectivity index (χ1) is 11.3. The van der Waals surface area contributed by atoms with Gasteiger partial charge in [-0.25, -0.2) is 5.43 Å².